The van der Waals surface area contributed by atoms with Crippen LogP contribution in [0.25, 0.3) is 16.9 Å². The Kier molecular flexibility index (Phi) is 5.60. The van der Waals surface area contributed by atoms with Crippen LogP contribution in [0.15, 0.2) is 55.1 Å². The first-order valence-corrected chi connectivity index (χ1v) is 11.0. The van der Waals surface area contributed by atoms with E-state index in [4.69, 9.17) is 0 Å². The molecule has 0 saturated heterocycles. The number of amides is 1. The number of nitrogens with one attached hydrogen (secondary N) is 1. The van der Waals surface area contributed by atoms with Gasteiger partial charge in [0, 0.05) is 36.1 Å². The molecule has 1 aliphatic rings. The van der Waals surface area contributed by atoms with E-state index in [9.17, 15) is 4.79 Å². The van der Waals surface area contributed by atoms with Crippen LogP contribution in [0.3, 0.4) is 0 Å². The monoisotopic (exact) mass is 440 g/mol. The Balaban J connectivity index is 1.52. The minimum Gasteiger partial charge on any atom is -0.344 e. The summed E-state index contributed by atoms with van der Waals surface area (Å²) in [4.78, 5) is 26.1. The Morgan fingerprint density at radius 3 is 2.76 bits per heavy atom. The molecule has 33 heavy (non-hydrogen) atoms. The number of aromatic nitrogens is 7. The van der Waals surface area contributed by atoms with Crippen molar-refractivity contribution in [2.75, 3.05) is 0 Å². The molecule has 9 heteroatoms. The zero-order valence-corrected chi connectivity index (χ0v) is 18.5. The van der Waals surface area contributed by atoms with Crippen molar-refractivity contribution in [1.82, 2.24) is 40.5 Å². The summed E-state index contributed by atoms with van der Waals surface area (Å²) in [5.41, 5.74) is 4.57. The number of aryl methyl sites for hydroxylation is 1. The quantitative estimate of drug-likeness (QED) is 0.469. The Morgan fingerprint density at radius 1 is 1.15 bits per heavy atom. The summed E-state index contributed by atoms with van der Waals surface area (Å²) < 4.78 is 1.72. The van der Waals surface area contributed by atoms with Gasteiger partial charge in [0.05, 0.1) is 29.3 Å². The van der Waals surface area contributed by atoms with E-state index in [0.29, 0.717) is 17.2 Å². The molecule has 166 valence electrons. The number of hydrogen-bond donors (Lipinski definition) is 1. The molecule has 1 atom stereocenters. The van der Waals surface area contributed by atoms with Crippen LogP contribution in [-0.2, 0) is 6.42 Å². The van der Waals surface area contributed by atoms with Crippen LogP contribution in [-0.4, -0.2) is 41.1 Å². The van der Waals surface area contributed by atoms with Crippen LogP contribution in [0.5, 0.6) is 0 Å². The number of carbonyl (C=O) groups excluding carboxylic acids is 1. The second kappa shape index (κ2) is 8.85. The lowest BCUT2D eigenvalue weighted by Gasteiger charge is -2.15. The van der Waals surface area contributed by atoms with Gasteiger partial charge in [-0.25, -0.2) is 0 Å². The van der Waals surface area contributed by atoms with Crippen LogP contribution in [0.4, 0.5) is 0 Å². The predicted octanol–water partition coefficient (Wildman–Crippen LogP) is 3.27. The summed E-state index contributed by atoms with van der Waals surface area (Å²) >= 11 is 0. The molecular formula is C24H24N8O. The van der Waals surface area contributed by atoms with Gasteiger partial charge in [-0.2, -0.15) is 4.68 Å². The fourth-order valence-electron chi connectivity index (χ4n) is 3.65. The van der Waals surface area contributed by atoms with Gasteiger partial charge in [-0.1, -0.05) is 6.07 Å². The molecule has 1 N–H and O–H groups in total. The number of benzene rings is 1. The van der Waals surface area contributed by atoms with Gasteiger partial charge in [0.25, 0.3) is 5.91 Å². The van der Waals surface area contributed by atoms with E-state index in [1.807, 2.05) is 50.4 Å². The average Bonchev–Trinajstić information content (AvgIpc) is 3.54. The van der Waals surface area contributed by atoms with Crippen LogP contribution in [0.2, 0.25) is 0 Å². The lowest BCUT2D eigenvalue weighted by atomic mass is 10.0. The molecule has 0 bridgehead atoms. The van der Waals surface area contributed by atoms with Crippen molar-refractivity contribution in [3.05, 3.63) is 77.8 Å². The first-order chi connectivity index (χ1) is 16.1. The molecule has 1 aliphatic carbocycles. The third kappa shape index (κ3) is 4.77. The van der Waals surface area contributed by atoms with Crippen molar-refractivity contribution in [3.63, 3.8) is 0 Å². The maximum Gasteiger partial charge on any atom is 0.251 e. The van der Waals surface area contributed by atoms with Gasteiger partial charge in [-0.15, -0.1) is 5.10 Å². The standard InChI is InChI=1S/C24H24N8O/c1-15-3-6-21(27-13-15)18-10-19(24(33)28-16(2)22-14-25-7-8-26-22)12-20(11-18)32-23(29-30-31-32)9-17-4-5-17/h3,6-8,10-14,16-17H,4-5,9H2,1-2H3,(H,28,33)/t16-/m1/s1. The zero-order chi connectivity index (χ0) is 22.8. The number of carbonyl (C=O) groups is 1. The van der Waals surface area contributed by atoms with E-state index in [1.165, 1.54) is 12.8 Å². The van der Waals surface area contributed by atoms with Crippen LogP contribution < -0.4 is 5.32 Å². The van der Waals surface area contributed by atoms with Gasteiger partial charge in [-0.3, -0.25) is 19.7 Å². The fraction of sp³-hybridized carbons (Fsp3) is 0.292. The minimum absolute atomic E-state index is 0.222. The summed E-state index contributed by atoms with van der Waals surface area (Å²) in [6.07, 6.45) is 9.90. The first kappa shape index (κ1) is 20.9. The van der Waals surface area contributed by atoms with Gasteiger partial charge in [-0.05, 0) is 72.9 Å². The Bertz CT molecular complexity index is 1270. The number of tetrazole rings is 1. The highest BCUT2D eigenvalue weighted by molar-refractivity contribution is 5.96. The van der Waals surface area contributed by atoms with Crippen molar-refractivity contribution >= 4 is 5.91 Å². The fourth-order valence-corrected chi connectivity index (χ4v) is 3.65. The number of nitrogens with zero attached hydrogens (tertiary/aromatic N) is 7. The number of rotatable bonds is 7. The number of hydrogen-bond acceptors (Lipinski definition) is 7. The van der Waals surface area contributed by atoms with Crippen molar-refractivity contribution in [2.45, 2.75) is 39.2 Å². The second-order valence-corrected chi connectivity index (χ2v) is 8.47. The van der Waals surface area contributed by atoms with Crippen LogP contribution in [0.1, 0.15) is 53.2 Å². The third-order valence-electron chi connectivity index (χ3n) is 5.71. The second-order valence-electron chi connectivity index (χ2n) is 8.47. The van der Waals surface area contributed by atoms with E-state index in [0.717, 1.165) is 34.8 Å². The SMILES string of the molecule is Cc1ccc(-c2cc(C(=O)N[C@H](C)c3cnccn3)cc(-n3nnnc3CC3CC3)c2)nc1. The summed E-state index contributed by atoms with van der Waals surface area (Å²) in [5.74, 6) is 1.21. The van der Waals surface area contributed by atoms with E-state index in [2.05, 4.69) is 35.8 Å². The molecule has 1 aromatic carbocycles. The minimum atomic E-state index is -0.297. The Labute approximate surface area is 191 Å². The van der Waals surface area contributed by atoms with Crippen molar-refractivity contribution in [1.29, 1.82) is 0 Å². The highest BCUT2D eigenvalue weighted by Gasteiger charge is 2.25. The predicted molar refractivity (Wildman–Crippen MR) is 121 cm³/mol. The van der Waals surface area contributed by atoms with Gasteiger partial charge < -0.3 is 5.32 Å². The average molecular weight is 441 g/mol. The van der Waals surface area contributed by atoms with E-state index >= 15 is 0 Å². The molecule has 1 amide bonds. The van der Waals surface area contributed by atoms with Crippen molar-refractivity contribution < 1.29 is 4.79 Å². The molecule has 1 saturated carbocycles. The van der Waals surface area contributed by atoms with Gasteiger partial charge >= 0.3 is 0 Å². The van der Waals surface area contributed by atoms with Crippen LogP contribution >= 0.6 is 0 Å². The molecule has 3 heterocycles. The number of pyridine rings is 1. The molecular weight excluding hydrogens is 416 g/mol. The maximum atomic E-state index is 13.2. The highest BCUT2D eigenvalue weighted by atomic mass is 16.1. The maximum absolute atomic E-state index is 13.2. The molecule has 0 spiro atoms. The van der Waals surface area contributed by atoms with E-state index in [1.54, 1.807) is 23.3 Å². The molecule has 0 radical (unpaired) electrons. The summed E-state index contributed by atoms with van der Waals surface area (Å²) in [7, 11) is 0. The summed E-state index contributed by atoms with van der Waals surface area (Å²) in [6.45, 7) is 3.87. The molecule has 1 fully saturated rings. The topological polar surface area (TPSA) is 111 Å². The Hall–Kier alpha value is -4.01. The molecule has 4 aromatic rings. The lowest BCUT2D eigenvalue weighted by molar-refractivity contribution is 0.0939. The Morgan fingerprint density at radius 2 is 2.03 bits per heavy atom. The zero-order valence-electron chi connectivity index (χ0n) is 18.5. The van der Waals surface area contributed by atoms with Crippen molar-refractivity contribution in [2.24, 2.45) is 5.92 Å². The molecule has 0 aliphatic heterocycles. The summed E-state index contributed by atoms with van der Waals surface area (Å²) in [5, 5.41) is 15.3. The van der Waals surface area contributed by atoms with Gasteiger partial charge in [0.2, 0.25) is 0 Å². The van der Waals surface area contributed by atoms with Crippen LogP contribution in [0, 0.1) is 12.8 Å². The lowest BCUT2D eigenvalue weighted by Crippen LogP contribution is -2.27. The van der Waals surface area contributed by atoms with Gasteiger partial charge in [0.1, 0.15) is 0 Å². The molecule has 0 unspecified atom stereocenters. The summed E-state index contributed by atoms with van der Waals surface area (Å²) in [6, 6.07) is 9.26. The van der Waals surface area contributed by atoms with E-state index in [-0.39, 0.29) is 11.9 Å². The molecule has 3 aromatic heterocycles. The first-order valence-electron chi connectivity index (χ1n) is 11.0. The molecule has 5 rings (SSSR count). The smallest absolute Gasteiger partial charge is 0.251 e. The largest absolute Gasteiger partial charge is 0.344 e. The molecule has 9 nitrogen and oxygen atoms in total. The third-order valence-corrected chi connectivity index (χ3v) is 5.71. The van der Waals surface area contributed by atoms with Gasteiger partial charge in [0.15, 0.2) is 5.82 Å². The normalized spacial score (nSPS) is 14.1. The van der Waals surface area contributed by atoms with E-state index < -0.39 is 0 Å². The highest BCUT2D eigenvalue weighted by Crippen LogP contribution is 2.32. The van der Waals surface area contributed by atoms with Crippen molar-refractivity contribution in [3.8, 4) is 16.9 Å².